The number of likely N-dealkylation sites (tertiary alicyclic amines) is 1. The maximum Gasteiger partial charge on any atom is 0.223 e. The number of allylic oxidation sites excluding steroid dienone is 2. The van der Waals surface area contributed by atoms with Gasteiger partial charge in [0.15, 0.2) is 0 Å². The molecule has 1 fully saturated rings. The first-order chi connectivity index (χ1) is 10.8. The van der Waals surface area contributed by atoms with Crippen molar-refractivity contribution in [1.29, 1.82) is 0 Å². The Hall–Kier alpha value is -2.10. The Morgan fingerprint density at radius 2 is 2.23 bits per heavy atom. The first kappa shape index (κ1) is 13.6. The minimum absolute atomic E-state index is 0.116. The molecule has 1 aliphatic carbocycles. The van der Waals surface area contributed by atoms with Crippen LogP contribution in [-0.4, -0.2) is 27.3 Å². The van der Waals surface area contributed by atoms with E-state index in [1.54, 1.807) is 0 Å². The van der Waals surface area contributed by atoms with Gasteiger partial charge in [0.25, 0.3) is 0 Å². The minimum atomic E-state index is 0.116. The van der Waals surface area contributed by atoms with Crippen LogP contribution in [0.15, 0.2) is 36.4 Å². The number of rotatable bonds is 3. The summed E-state index contributed by atoms with van der Waals surface area (Å²) >= 11 is 0. The molecule has 0 bridgehead atoms. The lowest BCUT2D eigenvalue weighted by atomic mass is 10.0. The molecule has 0 radical (unpaired) electrons. The number of carbonyl (C=O) groups excluding carboxylic acids is 1. The molecule has 0 spiro atoms. The molecule has 4 nitrogen and oxygen atoms in total. The lowest BCUT2D eigenvalue weighted by molar-refractivity contribution is -0.132. The average Bonchev–Trinajstić information content (AvgIpc) is 3.26. The molecule has 1 aliphatic heterocycles. The molecule has 2 atom stereocenters. The van der Waals surface area contributed by atoms with Gasteiger partial charge < -0.3 is 9.88 Å². The number of aromatic nitrogens is 2. The van der Waals surface area contributed by atoms with Crippen molar-refractivity contribution in [2.75, 3.05) is 6.54 Å². The Bertz CT molecular complexity index is 685. The summed E-state index contributed by atoms with van der Waals surface area (Å²) in [5, 5.41) is 0. The van der Waals surface area contributed by atoms with E-state index in [0.29, 0.717) is 12.3 Å². The zero-order valence-electron chi connectivity index (χ0n) is 12.7. The van der Waals surface area contributed by atoms with E-state index in [-0.39, 0.29) is 11.9 Å². The number of H-pyrrole nitrogens is 1. The number of nitrogens with one attached hydrogen (secondary N) is 1. The van der Waals surface area contributed by atoms with E-state index in [1.165, 1.54) is 0 Å². The quantitative estimate of drug-likeness (QED) is 0.880. The Balaban J connectivity index is 1.54. The van der Waals surface area contributed by atoms with E-state index in [9.17, 15) is 4.79 Å². The second-order valence-electron chi connectivity index (χ2n) is 6.35. The van der Waals surface area contributed by atoms with Gasteiger partial charge in [0.1, 0.15) is 5.82 Å². The highest BCUT2D eigenvalue weighted by atomic mass is 16.2. The predicted octanol–water partition coefficient (Wildman–Crippen LogP) is 3.58. The van der Waals surface area contributed by atoms with Crippen LogP contribution < -0.4 is 0 Å². The third kappa shape index (κ3) is 2.43. The van der Waals surface area contributed by atoms with E-state index in [4.69, 9.17) is 4.98 Å². The molecule has 2 unspecified atom stereocenters. The summed E-state index contributed by atoms with van der Waals surface area (Å²) in [6.45, 7) is 0.858. The molecule has 2 heterocycles. The largest absolute Gasteiger partial charge is 0.340 e. The molecule has 2 aliphatic rings. The maximum atomic E-state index is 12.7. The smallest absolute Gasteiger partial charge is 0.223 e. The van der Waals surface area contributed by atoms with Crippen LogP contribution in [0.1, 0.15) is 44.0 Å². The summed E-state index contributed by atoms with van der Waals surface area (Å²) in [6, 6.07) is 8.17. The number of hydrogen-bond acceptors (Lipinski definition) is 2. The van der Waals surface area contributed by atoms with Crippen molar-refractivity contribution < 1.29 is 4.79 Å². The molecule has 1 amide bonds. The van der Waals surface area contributed by atoms with Crippen molar-refractivity contribution in [2.24, 2.45) is 5.92 Å². The average molecular weight is 295 g/mol. The van der Waals surface area contributed by atoms with Gasteiger partial charge in [-0.25, -0.2) is 4.98 Å². The topological polar surface area (TPSA) is 49.0 Å². The fourth-order valence-electron chi connectivity index (χ4n) is 3.69. The first-order valence-electron chi connectivity index (χ1n) is 8.22. The summed E-state index contributed by atoms with van der Waals surface area (Å²) in [5.41, 5.74) is 2.03. The third-order valence-corrected chi connectivity index (χ3v) is 4.85. The van der Waals surface area contributed by atoms with Gasteiger partial charge in [0, 0.05) is 13.0 Å². The number of imidazole rings is 1. The van der Waals surface area contributed by atoms with E-state index in [2.05, 4.69) is 17.1 Å². The van der Waals surface area contributed by atoms with Crippen LogP contribution in [0.5, 0.6) is 0 Å². The summed E-state index contributed by atoms with van der Waals surface area (Å²) < 4.78 is 0. The minimum Gasteiger partial charge on any atom is -0.340 e. The number of benzene rings is 1. The van der Waals surface area contributed by atoms with Gasteiger partial charge in [-0.1, -0.05) is 24.3 Å². The van der Waals surface area contributed by atoms with E-state index < -0.39 is 0 Å². The number of carbonyl (C=O) groups is 1. The van der Waals surface area contributed by atoms with Gasteiger partial charge in [-0.2, -0.15) is 0 Å². The van der Waals surface area contributed by atoms with Gasteiger partial charge in [0.05, 0.1) is 17.1 Å². The fourth-order valence-corrected chi connectivity index (χ4v) is 3.69. The summed E-state index contributed by atoms with van der Waals surface area (Å²) in [5.74, 6) is 1.65. The Morgan fingerprint density at radius 1 is 1.32 bits per heavy atom. The molecule has 2 aromatic rings. The van der Waals surface area contributed by atoms with Crippen LogP contribution in [0.2, 0.25) is 0 Å². The van der Waals surface area contributed by atoms with Crippen molar-refractivity contribution in [3.8, 4) is 0 Å². The van der Waals surface area contributed by atoms with Gasteiger partial charge in [-0.15, -0.1) is 0 Å². The number of amides is 1. The fraction of sp³-hybridized carbons (Fsp3) is 0.444. The first-order valence-corrected chi connectivity index (χ1v) is 8.22. The zero-order chi connectivity index (χ0) is 14.9. The van der Waals surface area contributed by atoms with Crippen molar-refractivity contribution >= 4 is 16.9 Å². The van der Waals surface area contributed by atoms with Crippen molar-refractivity contribution in [3.05, 3.63) is 42.2 Å². The molecule has 0 saturated carbocycles. The van der Waals surface area contributed by atoms with Crippen LogP contribution in [0.25, 0.3) is 11.0 Å². The van der Waals surface area contributed by atoms with Crippen molar-refractivity contribution in [3.63, 3.8) is 0 Å². The van der Waals surface area contributed by atoms with Gasteiger partial charge in [0.2, 0.25) is 5.91 Å². The second-order valence-corrected chi connectivity index (χ2v) is 6.35. The Morgan fingerprint density at radius 3 is 3.05 bits per heavy atom. The Kier molecular flexibility index (Phi) is 3.45. The number of hydrogen-bond donors (Lipinski definition) is 1. The second kappa shape index (κ2) is 5.59. The highest BCUT2D eigenvalue weighted by Crippen LogP contribution is 2.33. The molecule has 1 N–H and O–H groups in total. The number of fused-ring (bicyclic) bond motifs is 1. The summed E-state index contributed by atoms with van der Waals surface area (Å²) in [4.78, 5) is 22.8. The monoisotopic (exact) mass is 295 g/mol. The van der Waals surface area contributed by atoms with Crippen LogP contribution in [0, 0.1) is 5.92 Å². The summed E-state index contributed by atoms with van der Waals surface area (Å²) in [7, 11) is 0. The summed E-state index contributed by atoms with van der Waals surface area (Å²) in [6.07, 6.45) is 9.34. The van der Waals surface area contributed by atoms with E-state index in [0.717, 1.165) is 49.1 Å². The molecular formula is C18H21N3O. The van der Waals surface area contributed by atoms with Gasteiger partial charge in [-0.05, 0) is 43.7 Å². The van der Waals surface area contributed by atoms with E-state index in [1.807, 2.05) is 29.2 Å². The zero-order valence-corrected chi connectivity index (χ0v) is 12.7. The molecule has 1 aromatic carbocycles. The van der Waals surface area contributed by atoms with E-state index >= 15 is 0 Å². The van der Waals surface area contributed by atoms with Crippen LogP contribution in [0.3, 0.4) is 0 Å². The molecule has 114 valence electrons. The third-order valence-electron chi connectivity index (χ3n) is 4.85. The lowest BCUT2D eigenvalue weighted by Crippen LogP contribution is -2.32. The normalized spacial score (nSPS) is 24.5. The highest BCUT2D eigenvalue weighted by Gasteiger charge is 2.32. The molecule has 4 heteroatoms. The number of nitrogens with zero attached hydrogens (tertiary/aromatic N) is 2. The molecule has 4 rings (SSSR count). The predicted molar refractivity (Wildman–Crippen MR) is 86.3 cm³/mol. The van der Waals surface area contributed by atoms with Gasteiger partial charge >= 0.3 is 0 Å². The van der Waals surface area contributed by atoms with Crippen LogP contribution >= 0.6 is 0 Å². The number of aromatic amines is 1. The van der Waals surface area contributed by atoms with Crippen LogP contribution in [-0.2, 0) is 4.79 Å². The van der Waals surface area contributed by atoms with Crippen LogP contribution in [0.4, 0.5) is 0 Å². The highest BCUT2D eigenvalue weighted by molar-refractivity contribution is 5.78. The van der Waals surface area contributed by atoms with Crippen molar-refractivity contribution in [1.82, 2.24) is 14.9 Å². The Labute approximate surface area is 130 Å². The number of para-hydroxylation sites is 2. The molecule has 1 aromatic heterocycles. The lowest BCUT2D eigenvalue weighted by Gasteiger charge is -2.24. The van der Waals surface area contributed by atoms with Gasteiger partial charge in [-0.3, -0.25) is 4.79 Å². The standard InChI is InChI=1S/C18H21N3O/c22-17(12-13-6-1-2-7-13)21-11-5-10-16(21)18-19-14-8-3-4-9-15(14)20-18/h1,3-4,6,8-9,13,16H,2,5,7,10-12H2,(H,19,20). The SMILES string of the molecule is O=C(CC1C=CCC1)N1CCCC1c1nc2ccccc2[nH]1. The molecule has 22 heavy (non-hydrogen) atoms. The maximum absolute atomic E-state index is 12.7. The molecule has 1 saturated heterocycles. The molecular weight excluding hydrogens is 274 g/mol. The van der Waals surface area contributed by atoms with Crippen molar-refractivity contribution in [2.45, 2.75) is 38.1 Å².